The fourth-order valence-corrected chi connectivity index (χ4v) is 2.35. The van der Waals surface area contributed by atoms with Crippen LogP contribution in [-0.2, 0) is 10.0 Å². The number of halogens is 1. The van der Waals surface area contributed by atoms with E-state index in [9.17, 15) is 12.8 Å². The van der Waals surface area contributed by atoms with E-state index < -0.39 is 10.0 Å². The van der Waals surface area contributed by atoms with Gasteiger partial charge in [-0.1, -0.05) is 13.3 Å². The van der Waals surface area contributed by atoms with Gasteiger partial charge in [0, 0.05) is 5.69 Å². The Morgan fingerprint density at radius 1 is 1.27 bits per heavy atom. The van der Waals surface area contributed by atoms with Crippen LogP contribution in [0.5, 0.6) is 0 Å². The lowest BCUT2D eigenvalue weighted by Crippen LogP contribution is -2.16. The Morgan fingerprint density at radius 3 is 2.40 bits per heavy atom. The van der Waals surface area contributed by atoms with Gasteiger partial charge < -0.3 is 0 Å². The average molecular weight is 231 g/mol. The summed E-state index contributed by atoms with van der Waals surface area (Å²) in [6, 6.07) is 5.24. The van der Waals surface area contributed by atoms with Gasteiger partial charge in [-0.05, 0) is 30.7 Å². The predicted octanol–water partition coefficient (Wildman–Crippen LogP) is 2.37. The lowest BCUT2D eigenvalue weighted by molar-refractivity contribution is 0.597. The molecule has 0 aliphatic rings. The molecule has 0 spiro atoms. The topological polar surface area (TPSA) is 46.2 Å². The molecule has 0 heterocycles. The molecule has 0 aliphatic carbocycles. The van der Waals surface area contributed by atoms with Crippen molar-refractivity contribution < 1.29 is 12.8 Å². The molecule has 0 saturated carbocycles. The summed E-state index contributed by atoms with van der Waals surface area (Å²) in [5, 5.41) is 0. The molecule has 0 saturated heterocycles. The minimum atomic E-state index is -3.28. The lowest BCUT2D eigenvalue weighted by Gasteiger charge is -2.06. The fourth-order valence-electron chi connectivity index (χ4n) is 1.08. The third kappa shape index (κ3) is 4.29. The normalized spacial score (nSPS) is 11.3. The molecule has 0 unspecified atom stereocenters. The van der Waals surface area contributed by atoms with Gasteiger partial charge in [-0.2, -0.15) is 0 Å². The Hall–Kier alpha value is -1.10. The minimum absolute atomic E-state index is 0.0981. The molecular formula is C10H14FNO2S. The fraction of sp³-hybridized carbons (Fsp3) is 0.400. The van der Waals surface area contributed by atoms with Gasteiger partial charge in [0.25, 0.3) is 0 Å². The highest BCUT2D eigenvalue weighted by Gasteiger charge is 2.08. The van der Waals surface area contributed by atoms with Gasteiger partial charge in [0.05, 0.1) is 5.75 Å². The van der Waals surface area contributed by atoms with Gasteiger partial charge >= 0.3 is 0 Å². The van der Waals surface area contributed by atoms with Crippen LogP contribution in [0.4, 0.5) is 10.1 Å². The second-order valence-electron chi connectivity index (χ2n) is 3.28. The van der Waals surface area contributed by atoms with Gasteiger partial charge in [0.2, 0.25) is 10.0 Å². The van der Waals surface area contributed by atoms with E-state index in [1.54, 1.807) is 0 Å². The van der Waals surface area contributed by atoms with Crippen LogP contribution in [0.3, 0.4) is 0 Å². The Bertz CT molecular complexity index is 400. The second kappa shape index (κ2) is 5.11. The molecule has 15 heavy (non-hydrogen) atoms. The zero-order valence-electron chi connectivity index (χ0n) is 8.53. The van der Waals surface area contributed by atoms with E-state index in [1.165, 1.54) is 24.3 Å². The number of sulfonamides is 1. The zero-order chi connectivity index (χ0) is 11.3. The van der Waals surface area contributed by atoms with Crippen molar-refractivity contribution in [2.24, 2.45) is 0 Å². The molecule has 0 radical (unpaired) electrons. The maximum Gasteiger partial charge on any atom is 0.232 e. The van der Waals surface area contributed by atoms with E-state index in [1.807, 2.05) is 6.92 Å². The molecular weight excluding hydrogens is 217 g/mol. The molecule has 0 atom stereocenters. The van der Waals surface area contributed by atoms with Crippen LogP contribution >= 0.6 is 0 Å². The molecule has 0 fully saturated rings. The van der Waals surface area contributed by atoms with Crippen molar-refractivity contribution in [1.82, 2.24) is 0 Å². The number of rotatable bonds is 5. The predicted molar refractivity (Wildman–Crippen MR) is 58.7 cm³/mol. The van der Waals surface area contributed by atoms with Crippen LogP contribution in [0, 0.1) is 5.82 Å². The van der Waals surface area contributed by atoms with Crippen molar-refractivity contribution in [1.29, 1.82) is 0 Å². The Morgan fingerprint density at radius 2 is 1.87 bits per heavy atom. The SMILES string of the molecule is CCCCS(=O)(=O)Nc1ccc(F)cc1. The van der Waals surface area contributed by atoms with E-state index in [-0.39, 0.29) is 11.6 Å². The summed E-state index contributed by atoms with van der Waals surface area (Å²) in [5.74, 6) is -0.285. The van der Waals surface area contributed by atoms with Crippen molar-refractivity contribution >= 4 is 15.7 Å². The molecule has 3 nitrogen and oxygen atoms in total. The summed E-state index contributed by atoms with van der Waals surface area (Å²) in [6.45, 7) is 1.92. The first-order valence-corrected chi connectivity index (χ1v) is 6.45. The largest absolute Gasteiger partial charge is 0.284 e. The van der Waals surface area contributed by atoms with E-state index in [4.69, 9.17) is 0 Å². The molecule has 1 aromatic carbocycles. The summed E-state index contributed by atoms with van der Waals surface area (Å²) >= 11 is 0. The third-order valence-electron chi connectivity index (χ3n) is 1.88. The highest BCUT2D eigenvalue weighted by molar-refractivity contribution is 7.92. The molecule has 1 rings (SSSR count). The Balaban J connectivity index is 2.65. The van der Waals surface area contributed by atoms with Gasteiger partial charge in [0.1, 0.15) is 5.82 Å². The van der Waals surface area contributed by atoms with Crippen LogP contribution in [0.25, 0.3) is 0 Å². The summed E-state index contributed by atoms with van der Waals surface area (Å²) in [6.07, 6.45) is 1.45. The Labute approximate surface area is 89.4 Å². The van der Waals surface area contributed by atoms with E-state index in [0.29, 0.717) is 12.1 Å². The van der Waals surface area contributed by atoms with Crippen molar-refractivity contribution in [3.05, 3.63) is 30.1 Å². The van der Waals surface area contributed by atoms with Gasteiger partial charge in [-0.3, -0.25) is 4.72 Å². The smallest absolute Gasteiger partial charge is 0.232 e. The summed E-state index contributed by atoms with van der Waals surface area (Å²) in [5.41, 5.74) is 0.396. The van der Waals surface area contributed by atoms with Crippen molar-refractivity contribution in [2.75, 3.05) is 10.5 Å². The monoisotopic (exact) mass is 231 g/mol. The molecule has 0 aromatic heterocycles. The first-order valence-electron chi connectivity index (χ1n) is 4.79. The van der Waals surface area contributed by atoms with Crippen LogP contribution in [0.2, 0.25) is 0 Å². The minimum Gasteiger partial charge on any atom is -0.284 e. The van der Waals surface area contributed by atoms with Crippen molar-refractivity contribution in [3.8, 4) is 0 Å². The van der Waals surface area contributed by atoms with E-state index in [0.717, 1.165) is 6.42 Å². The van der Waals surface area contributed by atoms with Crippen LogP contribution in [0.15, 0.2) is 24.3 Å². The highest BCUT2D eigenvalue weighted by Crippen LogP contribution is 2.10. The maximum atomic E-state index is 12.5. The number of hydrogen-bond acceptors (Lipinski definition) is 2. The number of hydrogen-bond donors (Lipinski definition) is 1. The quantitative estimate of drug-likeness (QED) is 0.845. The van der Waals surface area contributed by atoms with Gasteiger partial charge in [-0.15, -0.1) is 0 Å². The lowest BCUT2D eigenvalue weighted by atomic mass is 10.3. The van der Waals surface area contributed by atoms with Crippen molar-refractivity contribution in [3.63, 3.8) is 0 Å². The van der Waals surface area contributed by atoms with Crippen LogP contribution in [0.1, 0.15) is 19.8 Å². The summed E-state index contributed by atoms with van der Waals surface area (Å²) < 4.78 is 37.8. The number of nitrogens with one attached hydrogen (secondary N) is 1. The highest BCUT2D eigenvalue weighted by atomic mass is 32.2. The first-order chi connectivity index (χ1) is 7.03. The maximum absolute atomic E-state index is 12.5. The Kier molecular flexibility index (Phi) is 4.08. The molecule has 1 N–H and O–H groups in total. The zero-order valence-corrected chi connectivity index (χ0v) is 9.35. The molecule has 1 aromatic rings. The van der Waals surface area contributed by atoms with Crippen LogP contribution in [-0.4, -0.2) is 14.2 Å². The van der Waals surface area contributed by atoms with E-state index >= 15 is 0 Å². The van der Waals surface area contributed by atoms with E-state index in [2.05, 4.69) is 4.72 Å². The van der Waals surface area contributed by atoms with Gasteiger partial charge in [-0.25, -0.2) is 12.8 Å². The first kappa shape index (κ1) is 12.0. The molecule has 0 bridgehead atoms. The molecule has 0 amide bonds. The summed E-state index contributed by atoms with van der Waals surface area (Å²) in [7, 11) is -3.28. The summed E-state index contributed by atoms with van der Waals surface area (Å²) in [4.78, 5) is 0. The molecule has 84 valence electrons. The molecule has 5 heteroatoms. The number of benzene rings is 1. The number of unbranched alkanes of at least 4 members (excludes halogenated alkanes) is 1. The number of anilines is 1. The standard InChI is InChI=1S/C10H14FNO2S/c1-2-3-8-15(13,14)12-10-6-4-9(11)5-7-10/h4-7,12H,2-3,8H2,1H3. The average Bonchev–Trinajstić information content (AvgIpc) is 2.18. The second-order valence-corrected chi connectivity index (χ2v) is 5.12. The van der Waals surface area contributed by atoms with Crippen LogP contribution < -0.4 is 4.72 Å². The molecule has 0 aliphatic heterocycles. The van der Waals surface area contributed by atoms with Gasteiger partial charge in [0.15, 0.2) is 0 Å². The van der Waals surface area contributed by atoms with Crippen molar-refractivity contribution in [2.45, 2.75) is 19.8 Å². The third-order valence-corrected chi connectivity index (χ3v) is 3.26.